The molecule has 0 aliphatic carbocycles. The number of aliphatic hydroxyl groups is 3. The van der Waals surface area contributed by atoms with Crippen LogP contribution in [-0.4, -0.2) is 265 Å². The second-order valence-electron chi connectivity index (χ2n) is 23.9. The fourth-order valence-electron chi connectivity index (χ4n) is 11.1. The van der Waals surface area contributed by atoms with Crippen molar-refractivity contribution in [3.63, 3.8) is 0 Å². The third-order valence-electron chi connectivity index (χ3n) is 16.1. The fourth-order valence-corrected chi connectivity index (χ4v) is 11.6. The molecule has 3 saturated heterocycles. The van der Waals surface area contributed by atoms with Crippen molar-refractivity contribution in [2.75, 3.05) is 58.0 Å². The number of hydrogen-bond acceptors (Lipinski definition) is 21. The van der Waals surface area contributed by atoms with E-state index in [1.165, 1.54) is 40.9 Å². The summed E-state index contributed by atoms with van der Waals surface area (Å²) in [7, 11) is 0. The van der Waals surface area contributed by atoms with E-state index in [1.807, 2.05) is 0 Å². The number of nitrogens with zero attached hydrogens (tertiary/aromatic N) is 4. The van der Waals surface area contributed by atoms with Crippen molar-refractivity contribution in [3.05, 3.63) is 29.8 Å². The van der Waals surface area contributed by atoms with Crippen LogP contribution in [0.15, 0.2) is 29.3 Å². The van der Waals surface area contributed by atoms with E-state index in [-0.39, 0.29) is 114 Å². The first-order valence-electron chi connectivity index (χ1n) is 31.4. The van der Waals surface area contributed by atoms with Gasteiger partial charge < -0.3 is 111 Å². The zero-order valence-electron chi connectivity index (χ0n) is 53.8. The SMILES string of the molecule is CSCC[C@H](NC(=O)[C@H](CCC(N)=O)NC(=O)[C@H](CO)NC(=O)[C@H](Cc1ccc(O)cc1)NC(=O)[C@@H](N)CO)C(=O)N[C@@H](CC(=O)O)C(=O)N1CCC[C@H]1C(=O)N1CCC[C@H]1C(=O)N[C@@H](CCCN=C(N)N)C(=O)N[C@@H](CO)C(=O)N[C@@H](CC(C)C)C(=O)N1CCC[C@H]1C(=O)O. The van der Waals surface area contributed by atoms with Crippen molar-refractivity contribution in [3.8, 4) is 5.75 Å². The molecule has 3 aliphatic rings. The third kappa shape index (κ3) is 24.4. The van der Waals surface area contributed by atoms with Crippen molar-refractivity contribution < 1.29 is 97.8 Å². The molecule has 0 aromatic heterocycles. The Labute approximate surface area is 557 Å². The Bertz CT molecular complexity index is 2960. The quantitative estimate of drug-likeness (QED) is 0.0165. The second kappa shape index (κ2) is 39.2. The Kier molecular flexibility index (Phi) is 32.4. The molecule has 36 nitrogen and oxygen atoms in total. The van der Waals surface area contributed by atoms with E-state index < -0.39 is 194 Å². The van der Waals surface area contributed by atoms with E-state index >= 15 is 0 Å². The monoisotopic (exact) mass is 1380 g/mol. The number of aliphatic hydroxyl groups excluding tert-OH is 3. The molecule has 4 rings (SSSR count). The number of carboxylic acids is 2. The molecule has 3 heterocycles. The number of likely N-dealkylation sites (tertiary alicyclic amines) is 3. The van der Waals surface area contributed by atoms with E-state index in [0.717, 1.165) is 9.80 Å². The first kappa shape index (κ1) is 79.5. The number of hydrogen-bond donors (Lipinski definition) is 18. The number of carbonyl (C=O) groups excluding carboxylic acids is 12. The number of guanidine groups is 1. The van der Waals surface area contributed by atoms with E-state index in [2.05, 4.69) is 47.5 Å². The molecule has 0 bridgehead atoms. The average Bonchev–Trinajstić information content (AvgIpc) is 1.64. The van der Waals surface area contributed by atoms with E-state index in [9.17, 15) is 97.8 Å². The summed E-state index contributed by atoms with van der Waals surface area (Å²) in [5.41, 5.74) is 22.4. The van der Waals surface area contributed by atoms with Gasteiger partial charge in [0.25, 0.3) is 0 Å². The molecule has 37 heteroatoms. The Balaban J connectivity index is 1.52. The topological polar surface area (TPSA) is 583 Å². The lowest BCUT2D eigenvalue weighted by atomic mass is 10.0. The number of phenolic OH excluding ortho intramolecular Hbond substituents is 1. The van der Waals surface area contributed by atoms with Gasteiger partial charge >= 0.3 is 11.9 Å². The van der Waals surface area contributed by atoms with Crippen molar-refractivity contribution in [2.45, 2.75) is 176 Å². The number of amides is 12. The molecule has 534 valence electrons. The van der Waals surface area contributed by atoms with Crippen LogP contribution < -0.4 is 65.5 Å². The van der Waals surface area contributed by atoms with Gasteiger partial charge in [0.1, 0.15) is 78.3 Å². The molecule has 0 unspecified atom stereocenters. The van der Waals surface area contributed by atoms with Gasteiger partial charge in [-0.2, -0.15) is 11.8 Å². The molecule has 1 aromatic rings. The Morgan fingerprint density at radius 2 is 1.02 bits per heavy atom. The smallest absolute Gasteiger partial charge is 0.326 e. The van der Waals surface area contributed by atoms with E-state index in [4.69, 9.17) is 22.9 Å². The van der Waals surface area contributed by atoms with Crippen LogP contribution in [0.5, 0.6) is 5.75 Å². The van der Waals surface area contributed by atoms with Gasteiger partial charge in [-0.1, -0.05) is 26.0 Å². The standard InChI is InChI=1S/C59H92N16O20S/c1-30(2)24-38(55(91)75-22-7-11-44(75)58(94)95)69-53(89)41(29-78)71-48(84)34(8-4-19-64-59(62)63)67-54(90)42-9-5-20-73(42)57(93)43-10-6-21-74(43)56(92)39(26-46(81)82)70-50(86)36(18-23-96-3)66-49(85)35(16-17-45(61)80)65-52(88)40(28-77)72-51(87)37(68-47(83)33(60)27-76)25-31-12-14-32(79)15-13-31/h12-15,30,33-44,76-79H,4-11,16-29,60H2,1-3H3,(H2,61,80)(H,65,88)(H,66,85)(H,67,90)(H,68,83)(H,69,89)(H,70,86)(H,71,84)(H,72,87)(H,81,82)(H,94,95)(H4,62,63,64)/t33-,34-,35-,36-,37-,38-,39-,40-,41-,42-,43-,44-/m0/s1. The van der Waals surface area contributed by atoms with Crippen LogP contribution in [-0.2, 0) is 73.5 Å². The van der Waals surface area contributed by atoms with E-state index in [0.29, 0.717) is 12.0 Å². The number of phenols is 1. The lowest BCUT2D eigenvalue weighted by molar-refractivity contribution is -0.150. The number of aromatic hydroxyl groups is 1. The molecular formula is C59H92N16O20S. The number of primary amides is 1. The number of carbonyl (C=O) groups is 14. The molecule has 96 heavy (non-hydrogen) atoms. The van der Waals surface area contributed by atoms with Crippen LogP contribution in [0.1, 0.15) is 103 Å². The lowest BCUT2D eigenvalue weighted by Crippen LogP contribution is -2.61. The summed E-state index contributed by atoms with van der Waals surface area (Å²) < 4.78 is 0. The highest BCUT2D eigenvalue weighted by molar-refractivity contribution is 7.98. The molecule has 0 saturated carbocycles. The number of benzene rings is 1. The van der Waals surface area contributed by atoms with Crippen molar-refractivity contribution in [1.82, 2.24) is 57.2 Å². The molecule has 12 atom stereocenters. The molecular weight excluding hydrogens is 1280 g/mol. The van der Waals surface area contributed by atoms with Gasteiger partial charge in [-0.05, 0) is 106 Å². The summed E-state index contributed by atoms with van der Waals surface area (Å²) in [6, 6.07) is -12.6. The molecule has 22 N–H and O–H groups in total. The van der Waals surface area contributed by atoms with Crippen LogP contribution in [0, 0.1) is 5.92 Å². The normalized spacial score (nSPS) is 18.8. The van der Waals surface area contributed by atoms with Crippen LogP contribution in [0.2, 0.25) is 0 Å². The van der Waals surface area contributed by atoms with Crippen LogP contribution >= 0.6 is 11.8 Å². The maximum atomic E-state index is 14.6. The number of aliphatic carboxylic acids is 2. The summed E-state index contributed by atoms with van der Waals surface area (Å²) in [4.78, 5) is 197. The summed E-state index contributed by atoms with van der Waals surface area (Å²) in [5.74, 6) is -14.8. The Hall–Kier alpha value is -8.94. The van der Waals surface area contributed by atoms with Crippen molar-refractivity contribution >= 4 is 101 Å². The maximum absolute atomic E-state index is 14.6. The molecule has 3 aliphatic heterocycles. The number of carboxylic acid groups (broad SMARTS) is 2. The van der Waals surface area contributed by atoms with Gasteiger partial charge in [0, 0.05) is 39.0 Å². The fraction of sp³-hybridized carbons (Fsp3) is 0.644. The largest absolute Gasteiger partial charge is 0.508 e. The zero-order chi connectivity index (χ0) is 71.5. The second-order valence-corrected chi connectivity index (χ2v) is 24.9. The van der Waals surface area contributed by atoms with Crippen LogP contribution in [0.4, 0.5) is 0 Å². The van der Waals surface area contributed by atoms with Crippen molar-refractivity contribution in [1.29, 1.82) is 0 Å². The Morgan fingerprint density at radius 3 is 1.53 bits per heavy atom. The van der Waals surface area contributed by atoms with Gasteiger partial charge in [0.2, 0.25) is 70.9 Å². The zero-order valence-corrected chi connectivity index (χ0v) is 54.6. The summed E-state index contributed by atoms with van der Waals surface area (Å²) in [6.45, 7) is 0.639. The van der Waals surface area contributed by atoms with Gasteiger partial charge in [0.15, 0.2) is 5.96 Å². The van der Waals surface area contributed by atoms with E-state index in [1.54, 1.807) is 20.1 Å². The lowest BCUT2D eigenvalue weighted by Gasteiger charge is -2.33. The minimum atomic E-state index is -1.88. The number of thioether (sulfide) groups is 1. The molecule has 12 amide bonds. The summed E-state index contributed by atoms with van der Waals surface area (Å²) >= 11 is 1.22. The highest BCUT2D eigenvalue weighted by atomic mass is 32.2. The predicted octanol–water partition coefficient (Wildman–Crippen LogP) is -7.23. The average molecular weight is 1380 g/mol. The van der Waals surface area contributed by atoms with Gasteiger partial charge in [0.05, 0.1) is 26.2 Å². The number of nitrogens with two attached hydrogens (primary N) is 4. The summed E-state index contributed by atoms with van der Waals surface area (Å²) in [6.07, 6.45) is 0.324. The first-order chi connectivity index (χ1) is 45.4. The Morgan fingerprint density at radius 1 is 0.562 bits per heavy atom. The third-order valence-corrected chi connectivity index (χ3v) is 16.7. The maximum Gasteiger partial charge on any atom is 0.326 e. The predicted molar refractivity (Wildman–Crippen MR) is 341 cm³/mol. The van der Waals surface area contributed by atoms with Gasteiger partial charge in [-0.25, -0.2) is 4.79 Å². The number of rotatable bonds is 39. The minimum Gasteiger partial charge on any atom is -0.508 e. The van der Waals surface area contributed by atoms with Gasteiger partial charge in [-0.15, -0.1) is 0 Å². The van der Waals surface area contributed by atoms with Crippen molar-refractivity contribution in [2.24, 2.45) is 33.8 Å². The number of aliphatic imine (C=N–C) groups is 1. The first-order valence-corrected chi connectivity index (χ1v) is 32.8. The minimum absolute atomic E-state index is 0.0172. The highest BCUT2D eigenvalue weighted by Gasteiger charge is 2.46. The molecule has 3 fully saturated rings. The molecule has 0 radical (unpaired) electrons. The molecule has 1 aromatic carbocycles. The highest BCUT2D eigenvalue weighted by Crippen LogP contribution is 2.27. The summed E-state index contributed by atoms with van der Waals surface area (Å²) in [5, 5.41) is 79.0. The van der Waals surface area contributed by atoms with Gasteiger partial charge in [-0.3, -0.25) is 67.3 Å². The van der Waals surface area contributed by atoms with Crippen LogP contribution in [0.3, 0.4) is 0 Å². The van der Waals surface area contributed by atoms with Crippen LogP contribution in [0.25, 0.3) is 0 Å². The number of nitrogens with one attached hydrogen (secondary N) is 8. The molecule has 0 spiro atoms.